The topological polar surface area (TPSA) is 113 Å². The average Bonchev–Trinajstić information content (AvgIpc) is 2.49. The van der Waals surface area contributed by atoms with Gasteiger partial charge < -0.3 is 15.3 Å². The van der Waals surface area contributed by atoms with Crippen LogP contribution in [0.3, 0.4) is 0 Å². The minimum absolute atomic E-state index is 0.105. The van der Waals surface area contributed by atoms with Gasteiger partial charge in [0.25, 0.3) is 5.69 Å². The van der Waals surface area contributed by atoms with Crippen molar-refractivity contribution in [2.45, 2.75) is 12.8 Å². The van der Waals surface area contributed by atoms with Crippen LogP contribution in [0.15, 0.2) is 18.2 Å². The van der Waals surface area contributed by atoms with E-state index in [1.54, 1.807) is 0 Å². The maximum absolute atomic E-state index is 12.2. The van der Waals surface area contributed by atoms with Gasteiger partial charge in [-0.05, 0) is 18.9 Å². The third-order valence-electron chi connectivity index (χ3n) is 3.47. The van der Waals surface area contributed by atoms with Gasteiger partial charge in [-0.2, -0.15) is 0 Å². The predicted molar refractivity (Wildman–Crippen MR) is 79.1 cm³/mol. The molecular weight excluding hydrogens is 314 g/mol. The molecule has 2 rings (SSSR count). The molecule has 1 aromatic carbocycles. The summed E-state index contributed by atoms with van der Waals surface area (Å²) in [6.07, 6.45) is 1.11. The number of piperidine rings is 1. The molecule has 1 unspecified atom stereocenters. The Morgan fingerprint density at radius 1 is 1.45 bits per heavy atom. The van der Waals surface area contributed by atoms with Gasteiger partial charge in [-0.15, -0.1) is 0 Å². The highest BCUT2D eigenvalue weighted by molar-refractivity contribution is 6.35. The molecule has 1 aromatic rings. The molecule has 0 radical (unpaired) electrons. The van der Waals surface area contributed by atoms with E-state index in [-0.39, 0.29) is 22.9 Å². The highest BCUT2D eigenvalue weighted by Crippen LogP contribution is 2.31. The SMILES string of the molecule is O=C(O)C1CCCN(C(=O)Nc2cccc([N+](=O)[O-])c2Cl)C1. The molecule has 1 saturated heterocycles. The van der Waals surface area contributed by atoms with Crippen molar-refractivity contribution >= 4 is 35.0 Å². The Hall–Kier alpha value is -2.35. The maximum atomic E-state index is 12.2. The zero-order valence-electron chi connectivity index (χ0n) is 11.5. The maximum Gasteiger partial charge on any atom is 0.321 e. The van der Waals surface area contributed by atoms with Crippen LogP contribution in [0.1, 0.15) is 12.8 Å². The smallest absolute Gasteiger partial charge is 0.321 e. The van der Waals surface area contributed by atoms with E-state index in [9.17, 15) is 19.7 Å². The zero-order chi connectivity index (χ0) is 16.3. The molecule has 0 saturated carbocycles. The Morgan fingerprint density at radius 2 is 2.18 bits per heavy atom. The fourth-order valence-corrected chi connectivity index (χ4v) is 2.56. The van der Waals surface area contributed by atoms with Gasteiger partial charge in [0.1, 0.15) is 5.02 Å². The van der Waals surface area contributed by atoms with Crippen LogP contribution in [0.5, 0.6) is 0 Å². The number of halogens is 1. The van der Waals surface area contributed by atoms with E-state index in [4.69, 9.17) is 16.7 Å². The number of nitro benzene ring substituents is 1. The molecule has 2 N–H and O–H groups in total. The zero-order valence-corrected chi connectivity index (χ0v) is 12.2. The first-order chi connectivity index (χ1) is 10.4. The molecule has 0 spiro atoms. The summed E-state index contributed by atoms with van der Waals surface area (Å²) < 4.78 is 0. The van der Waals surface area contributed by atoms with Crippen molar-refractivity contribution in [3.63, 3.8) is 0 Å². The molecule has 1 atom stereocenters. The summed E-state index contributed by atoms with van der Waals surface area (Å²) in [5.74, 6) is -1.54. The molecule has 0 bridgehead atoms. The lowest BCUT2D eigenvalue weighted by atomic mass is 9.99. The molecule has 1 aliphatic rings. The predicted octanol–water partition coefficient (Wildman–Crippen LogP) is 2.58. The largest absolute Gasteiger partial charge is 0.481 e. The highest BCUT2D eigenvalue weighted by atomic mass is 35.5. The summed E-state index contributed by atoms with van der Waals surface area (Å²) in [5, 5.41) is 22.2. The monoisotopic (exact) mass is 327 g/mol. The molecule has 8 nitrogen and oxygen atoms in total. The lowest BCUT2D eigenvalue weighted by Gasteiger charge is -2.30. The summed E-state index contributed by atoms with van der Waals surface area (Å²) >= 11 is 5.90. The number of carboxylic acid groups (broad SMARTS) is 1. The standard InChI is InChI=1S/C13H14ClN3O5/c14-11-9(4-1-5-10(11)17(21)22)15-13(20)16-6-2-3-8(7-16)12(18)19/h1,4-5,8H,2-3,6-7H2,(H,15,20)(H,18,19). The Morgan fingerprint density at radius 3 is 2.82 bits per heavy atom. The minimum Gasteiger partial charge on any atom is -0.481 e. The Bertz CT molecular complexity index is 622. The number of carbonyl (C=O) groups excluding carboxylic acids is 1. The lowest BCUT2D eigenvalue weighted by molar-refractivity contribution is -0.384. The highest BCUT2D eigenvalue weighted by Gasteiger charge is 2.28. The van der Waals surface area contributed by atoms with Gasteiger partial charge in [-0.25, -0.2) is 4.79 Å². The second-order valence-electron chi connectivity index (χ2n) is 4.95. The van der Waals surface area contributed by atoms with Gasteiger partial charge in [0, 0.05) is 19.2 Å². The summed E-state index contributed by atoms with van der Waals surface area (Å²) in [6, 6.07) is 3.58. The molecular formula is C13H14ClN3O5. The molecule has 118 valence electrons. The number of likely N-dealkylation sites (tertiary alicyclic amines) is 1. The molecule has 0 aromatic heterocycles. The first kappa shape index (κ1) is 16.0. The number of nitrogens with zero attached hydrogens (tertiary/aromatic N) is 2. The number of carbonyl (C=O) groups is 2. The van der Waals surface area contributed by atoms with Gasteiger partial charge >= 0.3 is 12.0 Å². The third kappa shape index (κ3) is 3.45. The van der Waals surface area contributed by atoms with Crippen molar-refractivity contribution in [1.29, 1.82) is 0 Å². The average molecular weight is 328 g/mol. The molecule has 1 heterocycles. The number of urea groups is 1. The van der Waals surface area contributed by atoms with Crippen molar-refractivity contribution in [2.24, 2.45) is 5.92 Å². The molecule has 0 aliphatic carbocycles. The molecule has 1 fully saturated rings. The first-order valence-corrected chi connectivity index (χ1v) is 6.99. The van der Waals surface area contributed by atoms with Crippen LogP contribution in [0.2, 0.25) is 5.02 Å². The second-order valence-corrected chi connectivity index (χ2v) is 5.33. The summed E-state index contributed by atoms with van der Waals surface area (Å²) in [5.41, 5.74) is -0.181. The quantitative estimate of drug-likeness (QED) is 0.654. The fraction of sp³-hybridized carbons (Fsp3) is 0.385. The van der Waals surface area contributed by atoms with E-state index >= 15 is 0 Å². The van der Waals surface area contributed by atoms with Crippen molar-refractivity contribution in [3.05, 3.63) is 33.3 Å². The van der Waals surface area contributed by atoms with Gasteiger partial charge in [0.2, 0.25) is 0 Å². The van der Waals surface area contributed by atoms with Gasteiger partial charge in [0.05, 0.1) is 16.5 Å². The first-order valence-electron chi connectivity index (χ1n) is 6.61. The number of carboxylic acids is 1. The van der Waals surface area contributed by atoms with Crippen LogP contribution in [0.25, 0.3) is 0 Å². The van der Waals surface area contributed by atoms with Crippen LogP contribution in [0, 0.1) is 16.0 Å². The van der Waals surface area contributed by atoms with E-state index < -0.39 is 22.8 Å². The Kier molecular flexibility index (Phi) is 4.81. The number of nitro groups is 1. The van der Waals surface area contributed by atoms with E-state index in [0.717, 1.165) is 0 Å². The van der Waals surface area contributed by atoms with Crippen molar-refractivity contribution in [2.75, 3.05) is 18.4 Å². The second kappa shape index (κ2) is 6.61. The van der Waals surface area contributed by atoms with Gasteiger partial charge in [-0.3, -0.25) is 14.9 Å². The van der Waals surface area contributed by atoms with E-state index in [2.05, 4.69) is 5.32 Å². The van der Waals surface area contributed by atoms with Crippen molar-refractivity contribution in [3.8, 4) is 0 Å². The number of rotatable bonds is 3. The number of amides is 2. The summed E-state index contributed by atoms with van der Waals surface area (Å²) in [6.45, 7) is 0.538. The Labute approximate surface area is 130 Å². The molecule has 9 heteroatoms. The lowest BCUT2D eigenvalue weighted by Crippen LogP contribution is -2.44. The van der Waals surface area contributed by atoms with Gasteiger partial charge in [-0.1, -0.05) is 17.7 Å². The van der Waals surface area contributed by atoms with Crippen LogP contribution >= 0.6 is 11.6 Å². The molecule has 2 amide bonds. The summed E-state index contributed by atoms with van der Waals surface area (Å²) in [7, 11) is 0. The van der Waals surface area contributed by atoms with Crippen LogP contribution in [-0.4, -0.2) is 40.0 Å². The number of hydrogen-bond donors (Lipinski definition) is 2. The van der Waals surface area contributed by atoms with Crippen LogP contribution < -0.4 is 5.32 Å². The Balaban J connectivity index is 2.10. The molecule has 1 aliphatic heterocycles. The van der Waals surface area contributed by atoms with E-state index in [0.29, 0.717) is 19.4 Å². The normalized spacial score (nSPS) is 17.9. The number of aliphatic carboxylic acids is 1. The number of hydrogen-bond acceptors (Lipinski definition) is 4. The number of nitrogens with one attached hydrogen (secondary N) is 1. The van der Waals surface area contributed by atoms with Gasteiger partial charge in [0.15, 0.2) is 0 Å². The number of benzene rings is 1. The van der Waals surface area contributed by atoms with E-state index in [1.165, 1.54) is 23.1 Å². The summed E-state index contributed by atoms with van der Waals surface area (Å²) in [4.78, 5) is 34.7. The fourth-order valence-electron chi connectivity index (χ4n) is 2.31. The van der Waals surface area contributed by atoms with Crippen LogP contribution in [-0.2, 0) is 4.79 Å². The van der Waals surface area contributed by atoms with Crippen LogP contribution in [0.4, 0.5) is 16.2 Å². The minimum atomic E-state index is -0.939. The van der Waals surface area contributed by atoms with E-state index in [1.807, 2.05) is 0 Å². The molecule has 22 heavy (non-hydrogen) atoms. The van der Waals surface area contributed by atoms with Crippen molar-refractivity contribution < 1.29 is 19.6 Å². The van der Waals surface area contributed by atoms with Crippen molar-refractivity contribution in [1.82, 2.24) is 4.90 Å². The number of anilines is 1. The third-order valence-corrected chi connectivity index (χ3v) is 3.87.